The van der Waals surface area contributed by atoms with Gasteiger partial charge in [-0.2, -0.15) is 4.21 Å². The highest BCUT2D eigenvalue weighted by atomic mass is 35.6. The predicted octanol–water partition coefficient (Wildman–Crippen LogP) is 1.77. The van der Waals surface area contributed by atoms with Crippen molar-refractivity contribution in [3.63, 3.8) is 0 Å². The van der Waals surface area contributed by atoms with E-state index >= 15 is 0 Å². The number of hydrogen-bond acceptors (Lipinski definition) is 5. The van der Waals surface area contributed by atoms with Crippen LogP contribution in [0.15, 0.2) is 0 Å². The van der Waals surface area contributed by atoms with E-state index in [1.54, 1.807) is 0 Å². The largest absolute Gasteiger partial charge is 0.481 e. The SMILES string of the molecule is C1COCCO1.CC(=O)O.ClC(Cl)Cl.O=S. The molecule has 1 aliphatic heterocycles. The van der Waals surface area contributed by atoms with Crippen molar-refractivity contribution >= 4 is 53.3 Å². The second-order valence-electron chi connectivity index (χ2n) is 1.99. The van der Waals surface area contributed by atoms with Crippen molar-refractivity contribution in [2.75, 3.05) is 26.4 Å². The first-order valence-electron chi connectivity index (χ1n) is 3.90. The molecule has 0 aromatic heterocycles. The van der Waals surface area contributed by atoms with Crippen LogP contribution >= 0.6 is 34.8 Å². The van der Waals surface area contributed by atoms with Gasteiger partial charge in [-0.1, -0.05) is 34.8 Å². The minimum absolute atomic E-state index is 0.750. The van der Waals surface area contributed by atoms with E-state index in [4.69, 9.17) is 58.4 Å². The quantitative estimate of drug-likeness (QED) is 0.687. The van der Waals surface area contributed by atoms with E-state index in [-0.39, 0.29) is 0 Å². The molecular weight excluding hydrogens is 302 g/mol. The van der Waals surface area contributed by atoms with Gasteiger partial charge in [0.25, 0.3) is 5.97 Å². The summed E-state index contributed by atoms with van der Waals surface area (Å²) in [4.78, 5) is 9.00. The number of halogens is 3. The lowest BCUT2D eigenvalue weighted by Crippen LogP contribution is -2.16. The Morgan fingerprint density at radius 3 is 1.31 bits per heavy atom. The second kappa shape index (κ2) is 20.7. The molecule has 0 bridgehead atoms. The molecule has 1 saturated heterocycles. The van der Waals surface area contributed by atoms with Crippen LogP contribution in [0.4, 0.5) is 0 Å². The van der Waals surface area contributed by atoms with E-state index in [1.165, 1.54) is 0 Å². The number of carboxylic acids is 1. The zero-order valence-electron chi connectivity index (χ0n) is 8.53. The molecule has 98 valence electrons. The smallest absolute Gasteiger partial charge is 0.300 e. The average molecular weight is 316 g/mol. The van der Waals surface area contributed by atoms with Crippen molar-refractivity contribution in [1.29, 1.82) is 0 Å². The van der Waals surface area contributed by atoms with Crippen molar-refractivity contribution in [3.05, 3.63) is 0 Å². The summed E-state index contributed by atoms with van der Waals surface area (Å²) in [6.07, 6.45) is 0. The maximum absolute atomic E-state index is 9.00. The van der Waals surface area contributed by atoms with Crippen molar-refractivity contribution in [2.45, 2.75) is 11.2 Å². The molecular formula is C7H13Cl3O5S. The third kappa shape index (κ3) is 63.9. The van der Waals surface area contributed by atoms with Crippen LogP contribution in [0.1, 0.15) is 6.92 Å². The maximum atomic E-state index is 9.00. The fraction of sp³-hybridized carbons (Fsp3) is 0.857. The molecule has 1 heterocycles. The summed E-state index contributed by atoms with van der Waals surface area (Å²) in [5.74, 6) is -0.833. The Bertz CT molecular complexity index is 128. The van der Waals surface area contributed by atoms with Gasteiger partial charge in [0.1, 0.15) is 0 Å². The first kappa shape index (κ1) is 21.6. The Labute approximate surface area is 114 Å². The molecule has 0 aromatic carbocycles. The van der Waals surface area contributed by atoms with Crippen LogP contribution in [0, 0.1) is 0 Å². The number of carboxylic acid groups (broad SMARTS) is 1. The molecule has 0 aliphatic carbocycles. The number of hydrogen-bond donors (Lipinski definition) is 1. The van der Waals surface area contributed by atoms with Gasteiger partial charge in [-0.15, -0.1) is 0 Å². The number of ether oxygens (including phenoxy) is 2. The zero-order chi connectivity index (χ0) is 13.4. The molecule has 1 rings (SSSR count). The molecule has 9 heteroatoms. The van der Waals surface area contributed by atoms with Crippen LogP contribution in [-0.4, -0.2) is 46.0 Å². The van der Waals surface area contributed by atoms with Crippen LogP contribution in [0.25, 0.3) is 0 Å². The molecule has 0 unspecified atom stereocenters. The van der Waals surface area contributed by atoms with Gasteiger partial charge < -0.3 is 14.6 Å². The van der Waals surface area contributed by atoms with E-state index in [0.29, 0.717) is 0 Å². The van der Waals surface area contributed by atoms with Crippen molar-refractivity contribution in [1.82, 2.24) is 0 Å². The molecule has 1 N–H and O–H groups in total. The topological polar surface area (TPSA) is 72.8 Å². The summed E-state index contributed by atoms with van der Waals surface area (Å²) in [5, 5.41) is 7.42. The fourth-order valence-corrected chi connectivity index (χ4v) is 0.440. The van der Waals surface area contributed by atoms with Gasteiger partial charge >= 0.3 is 0 Å². The normalized spacial score (nSPS) is 13.1. The second-order valence-corrected chi connectivity index (χ2v) is 3.97. The molecule has 0 atom stereocenters. The van der Waals surface area contributed by atoms with Gasteiger partial charge in [-0.3, -0.25) is 4.79 Å². The first-order chi connectivity index (χ1) is 7.46. The fourth-order valence-electron chi connectivity index (χ4n) is 0.440. The molecule has 1 fully saturated rings. The highest BCUT2D eigenvalue weighted by molar-refractivity contribution is 7.44. The summed E-state index contributed by atoms with van der Waals surface area (Å²) in [7, 11) is 0. The van der Waals surface area contributed by atoms with Crippen molar-refractivity contribution in [2.24, 2.45) is 0 Å². The third-order valence-corrected chi connectivity index (χ3v) is 0.744. The van der Waals surface area contributed by atoms with Gasteiger partial charge in [-0.25, -0.2) is 0 Å². The van der Waals surface area contributed by atoms with E-state index in [2.05, 4.69) is 12.5 Å². The van der Waals surface area contributed by atoms with E-state index < -0.39 is 10.3 Å². The standard InChI is InChI=1S/C4H8O2.C2H4O2.CHCl3.OS/c1-2-6-4-3-5-1;1-2(3)4;2-1(3)4;1-2/h1-4H2;1H3,(H,3,4);1H;. The Morgan fingerprint density at radius 2 is 1.25 bits per heavy atom. The summed E-state index contributed by atoms with van der Waals surface area (Å²) in [6.45, 7) is 4.19. The van der Waals surface area contributed by atoms with Gasteiger partial charge in [0.2, 0.25) is 0 Å². The third-order valence-electron chi connectivity index (χ3n) is 0.744. The molecule has 1 aliphatic rings. The highest BCUT2D eigenvalue weighted by Gasteiger charge is 1.94. The van der Waals surface area contributed by atoms with Crippen LogP contribution < -0.4 is 0 Å². The van der Waals surface area contributed by atoms with Gasteiger partial charge in [-0.05, 0) is 0 Å². The Morgan fingerprint density at radius 1 is 1.12 bits per heavy atom. The van der Waals surface area contributed by atoms with Crippen molar-refractivity contribution < 1.29 is 23.6 Å². The summed E-state index contributed by atoms with van der Waals surface area (Å²) in [6, 6.07) is 0. The van der Waals surface area contributed by atoms with E-state index in [1.807, 2.05) is 0 Å². The molecule has 0 aromatic rings. The van der Waals surface area contributed by atoms with Gasteiger partial charge in [0.15, 0.2) is 16.8 Å². The van der Waals surface area contributed by atoms with Crippen LogP contribution in [0.2, 0.25) is 0 Å². The molecule has 0 amide bonds. The summed E-state index contributed by atoms with van der Waals surface area (Å²) >= 11 is 17.2. The van der Waals surface area contributed by atoms with Gasteiger partial charge in [0, 0.05) is 6.92 Å². The molecule has 0 saturated carbocycles. The predicted molar refractivity (Wildman–Crippen MR) is 64.4 cm³/mol. The highest BCUT2D eigenvalue weighted by Crippen LogP contribution is 2.03. The Hall–Kier alpha value is 0.280. The molecule has 0 spiro atoms. The maximum Gasteiger partial charge on any atom is 0.300 e. The summed E-state index contributed by atoms with van der Waals surface area (Å²) < 4.78 is 17.0. The molecule has 0 radical (unpaired) electrons. The molecule has 5 nitrogen and oxygen atoms in total. The lowest BCUT2D eigenvalue weighted by molar-refractivity contribution is -0.134. The lowest BCUT2D eigenvalue weighted by Gasteiger charge is -2.09. The monoisotopic (exact) mass is 314 g/mol. The average Bonchev–Trinajstić information content (AvgIpc) is 2.22. The van der Waals surface area contributed by atoms with Crippen LogP contribution in [0.3, 0.4) is 0 Å². The number of alkyl halides is 3. The molecule has 16 heavy (non-hydrogen) atoms. The minimum atomic E-state index is -0.833. The number of carbonyl (C=O) groups is 1. The van der Waals surface area contributed by atoms with Crippen LogP contribution in [-0.2, 0) is 26.8 Å². The van der Waals surface area contributed by atoms with E-state index in [0.717, 1.165) is 33.4 Å². The zero-order valence-corrected chi connectivity index (χ0v) is 11.6. The number of aliphatic carboxylic acids is 1. The van der Waals surface area contributed by atoms with Crippen molar-refractivity contribution in [3.8, 4) is 0 Å². The van der Waals surface area contributed by atoms with E-state index in [9.17, 15) is 0 Å². The minimum Gasteiger partial charge on any atom is -0.481 e. The van der Waals surface area contributed by atoms with Crippen LogP contribution in [0.5, 0.6) is 0 Å². The number of rotatable bonds is 0. The van der Waals surface area contributed by atoms with Gasteiger partial charge in [0.05, 0.1) is 26.4 Å². The Balaban J connectivity index is -0.000000152. The Kier molecular flexibility index (Phi) is 27.8. The first-order valence-corrected chi connectivity index (χ1v) is 5.55. The lowest BCUT2D eigenvalue weighted by atomic mass is 10.6. The summed E-state index contributed by atoms with van der Waals surface area (Å²) in [5.41, 5.74) is 0.